The second-order valence-corrected chi connectivity index (χ2v) is 6.01. The fourth-order valence-electron chi connectivity index (χ4n) is 2.49. The summed E-state index contributed by atoms with van der Waals surface area (Å²) in [6.07, 6.45) is 2.81. The van der Waals surface area contributed by atoms with Crippen LogP contribution in [0.3, 0.4) is 0 Å². The molecule has 1 aliphatic carbocycles. The number of rotatable bonds is 6. The van der Waals surface area contributed by atoms with Gasteiger partial charge < -0.3 is 10.1 Å². The van der Waals surface area contributed by atoms with E-state index in [9.17, 15) is 0 Å². The summed E-state index contributed by atoms with van der Waals surface area (Å²) in [6.45, 7) is 5.93. The number of hydrogen-bond donors (Lipinski definition) is 1. The molecule has 1 fully saturated rings. The van der Waals surface area contributed by atoms with Crippen LogP contribution in [0.4, 0.5) is 0 Å². The van der Waals surface area contributed by atoms with Gasteiger partial charge in [-0.1, -0.05) is 28.1 Å². The smallest absolute Gasteiger partial charge is 0.0671 e. The molecule has 0 saturated heterocycles. The molecular formula is C15H22BrNO. The average molecular weight is 312 g/mol. The van der Waals surface area contributed by atoms with Gasteiger partial charge in [-0.2, -0.15) is 0 Å². The summed E-state index contributed by atoms with van der Waals surface area (Å²) in [5.74, 6) is 0.724. The molecule has 2 rings (SSSR count). The van der Waals surface area contributed by atoms with E-state index in [2.05, 4.69) is 52.4 Å². The zero-order chi connectivity index (χ0) is 13.0. The highest BCUT2D eigenvalue weighted by Gasteiger charge is 2.30. The molecule has 0 radical (unpaired) electrons. The number of hydrogen-bond acceptors (Lipinski definition) is 2. The molecular weight excluding hydrogens is 290 g/mol. The van der Waals surface area contributed by atoms with Crippen molar-refractivity contribution in [2.75, 3.05) is 13.2 Å². The minimum Gasteiger partial charge on any atom is -0.377 e. The monoisotopic (exact) mass is 311 g/mol. The molecule has 1 unspecified atom stereocenters. The van der Waals surface area contributed by atoms with Crippen molar-refractivity contribution < 1.29 is 4.74 Å². The van der Waals surface area contributed by atoms with Crippen LogP contribution in [0.1, 0.15) is 38.2 Å². The zero-order valence-electron chi connectivity index (χ0n) is 11.2. The minimum atomic E-state index is 0.319. The molecule has 2 nitrogen and oxygen atoms in total. The average Bonchev–Trinajstić information content (AvgIpc) is 2.27. The Kier molecular flexibility index (Phi) is 5.22. The van der Waals surface area contributed by atoms with Crippen molar-refractivity contribution in [1.82, 2.24) is 5.32 Å². The summed E-state index contributed by atoms with van der Waals surface area (Å²) >= 11 is 3.53. The van der Waals surface area contributed by atoms with E-state index in [0.29, 0.717) is 12.1 Å². The van der Waals surface area contributed by atoms with Gasteiger partial charge in [0.25, 0.3) is 0 Å². The van der Waals surface area contributed by atoms with Crippen LogP contribution in [0.15, 0.2) is 28.7 Å². The largest absolute Gasteiger partial charge is 0.377 e. The van der Waals surface area contributed by atoms with Crippen LogP contribution in [0.5, 0.6) is 0 Å². The lowest BCUT2D eigenvalue weighted by Gasteiger charge is -2.37. The standard InChI is InChI=1S/C15H22BrNO/c1-3-18-11(2)10-17-15-8-13(9-15)12-5-4-6-14(16)7-12/h4-7,11,13,15,17H,3,8-10H2,1-2H3. The Morgan fingerprint density at radius 1 is 1.44 bits per heavy atom. The summed E-state index contributed by atoms with van der Waals surface area (Å²) in [5, 5.41) is 3.58. The van der Waals surface area contributed by atoms with E-state index in [4.69, 9.17) is 4.74 Å². The highest BCUT2D eigenvalue weighted by Crippen LogP contribution is 2.37. The molecule has 0 aliphatic heterocycles. The van der Waals surface area contributed by atoms with E-state index < -0.39 is 0 Å². The highest BCUT2D eigenvalue weighted by molar-refractivity contribution is 9.10. The van der Waals surface area contributed by atoms with Crippen LogP contribution in [0, 0.1) is 0 Å². The minimum absolute atomic E-state index is 0.319. The first-order valence-electron chi connectivity index (χ1n) is 6.79. The number of benzene rings is 1. The summed E-state index contributed by atoms with van der Waals surface area (Å²) in [4.78, 5) is 0. The lowest BCUT2D eigenvalue weighted by Crippen LogP contribution is -2.43. The van der Waals surface area contributed by atoms with Crippen molar-refractivity contribution >= 4 is 15.9 Å². The Morgan fingerprint density at radius 2 is 2.22 bits per heavy atom. The Bertz CT molecular complexity index is 377. The van der Waals surface area contributed by atoms with Gasteiger partial charge in [-0.3, -0.25) is 0 Å². The van der Waals surface area contributed by atoms with Crippen molar-refractivity contribution in [3.05, 3.63) is 34.3 Å². The van der Waals surface area contributed by atoms with E-state index in [-0.39, 0.29) is 0 Å². The van der Waals surface area contributed by atoms with E-state index >= 15 is 0 Å². The van der Waals surface area contributed by atoms with Crippen LogP contribution in [-0.2, 0) is 4.74 Å². The summed E-state index contributed by atoms with van der Waals surface area (Å²) in [6, 6.07) is 9.34. The molecule has 0 spiro atoms. The summed E-state index contributed by atoms with van der Waals surface area (Å²) in [5.41, 5.74) is 1.46. The molecule has 0 amide bonds. The molecule has 18 heavy (non-hydrogen) atoms. The van der Waals surface area contributed by atoms with Gasteiger partial charge in [0.15, 0.2) is 0 Å². The molecule has 1 atom stereocenters. The van der Waals surface area contributed by atoms with Crippen LogP contribution in [0.25, 0.3) is 0 Å². The molecule has 1 saturated carbocycles. The number of ether oxygens (including phenoxy) is 1. The quantitative estimate of drug-likeness (QED) is 0.864. The second kappa shape index (κ2) is 6.69. The van der Waals surface area contributed by atoms with Gasteiger partial charge in [0.2, 0.25) is 0 Å². The third kappa shape index (κ3) is 3.81. The van der Waals surface area contributed by atoms with E-state index in [0.717, 1.165) is 19.1 Å². The third-order valence-electron chi connectivity index (χ3n) is 3.60. The SMILES string of the molecule is CCOC(C)CNC1CC(c2cccc(Br)c2)C1. The molecule has 0 bridgehead atoms. The number of halogens is 1. The van der Waals surface area contributed by atoms with Crippen molar-refractivity contribution in [2.45, 2.75) is 44.8 Å². The van der Waals surface area contributed by atoms with Gasteiger partial charge in [-0.05, 0) is 50.3 Å². The van der Waals surface area contributed by atoms with E-state index in [1.165, 1.54) is 22.9 Å². The lowest BCUT2D eigenvalue weighted by molar-refractivity contribution is 0.0702. The Hall–Kier alpha value is -0.380. The fraction of sp³-hybridized carbons (Fsp3) is 0.600. The first kappa shape index (κ1) is 14.0. The van der Waals surface area contributed by atoms with Crippen molar-refractivity contribution in [2.24, 2.45) is 0 Å². The molecule has 1 aliphatic rings. The molecule has 1 aromatic carbocycles. The first-order chi connectivity index (χ1) is 8.69. The predicted molar refractivity (Wildman–Crippen MR) is 79.0 cm³/mol. The molecule has 100 valence electrons. The van der Waals surface area contributed by atoms with Crippen molar-refractivity contribution in [3.63, 3.8) is 0 Å². The van der Waals surface area contributed by atoms with Gasteiger partial charge in [-0.25, -0.2) is 0 Å². The molecule has 1 aromatic rings. The van der Waals surface area contributed by atoms with E-state index in [1.54, 1.807) is 0 Å². The Labute approximate surface area is 118 Å². The number of nitrogens with one attached hydrogen (secondary N) is 1. The van der Waals surface area contributed by atoms with Gasteiger partial charge in [-0.15, -0.1) is 0 Å². The van der Waals surface area contributed by atoms with Crippen LogP contribution in [0.2, 0.25) is 0 Å². The molecule has 3 heteroatoms. The summed E-state index contributed by atoms with van der Waals surface area (Å²) in [7, 11) is 0. The molecule has 1 N–H and O–H groups in total. The highest BCUT2D eigenvalue weighted by atomic mass is 79.9. The van der Waals surface area contributed by atoms with Crippen LogP contribution >= 0.6 is 15.9 Å². The van der Waals surface area contributed by atoms with Gasteiger partial charge in [0.05, 0.1) is 6.10 Å². The second-order valence-electron chi connectivity index (χ2n) is 5.09. The lowest BCUT2D eigenvalue weighted by atomic mass is 9.76. The predicted octanol–water partition coefficient (Wildman–Crippen LogP) is 3.71. The Balaban J connectivity index is 1.71. The topological polar surface area (TPSA) is 21.3 Å². The van der Waals surface area contributed by atoms with Crippen LogP contribution < -0.4 is 5.32 Å². The maximum absolute atomic E-state index is 5.52. The third-order valence-corrected chi connectivity index (χ3v) is 4.10. The van der Waals surface area contributed by atoms with E-state index in [1.807, 2.05) is 6.92 Å². The van der Waals surface area contributed by atoms with Gasteiger partial charge >= 0.3 is 0 Å². The van der Waals surface area contributed by atoms with Crippen molar-refractivity contribution in [3.8, 4) is 0 Å². The maximum atomic E-state index is 5.52. The maximum Gasteiger partial charge on any atom is 0.0671 e. The van der Waals surface area contributed by atoms with Crippen LogP contribution in [-0.4, -0.2) is 25.3 Å². The van der Waals surface area contributed by atoms with Gasteiger partial charge in [0.1, 0.15) is 0 Å². The zero-order valence-corrected chi connectivity index (χ0v) is 12.7. The fourth-order valence-corrected chi connectivity index (χ4v) is 2.91. The molecule has 0 heterocycles. The first-order valence-corrected chi connectivity index (χ1v) is 7.58. The van der Waals surface area contributed by atoms with Crippen molar-refractivity contribution in [1.29, 1.82) is 0 Å². The molecule has 0 aromatic heterocycles. The summed E-state index contributed by atoms with van der Waals surface area (Å²) < 4.78 is 6.70. The normalized spacial score (nSPS) is 24.6. The Morgan fingerprint density at radius 3 is 2.89 bits per heavy atom. The van der Waals surface area contributed by atoms with Gasteiger partial charge in [0, 0.05) is 23.7 Å².